The third kappa shape index (κ3) is 5.95. The third-order valence-corrected chi connectivity index (χ3v) is 4.42. The van der Waals surface area contributed by atoms with Crippen molar-refractivity contribution in [3.05, 3.63) is 29.6 Å². The van der Waals surface area contributed by atoms with Crippen LogP contribution in [0.3, 0.4) is 0 Å². The summed E-state index contributed by atoms with van der Waals surface area (Å²) in [6.07, 6.45) is 4.88. The Bertz CT molecular complexity index is 562. The molecule has 0 heterocycles. The predicted octanol–water partition coefficient (Wildman–Crippen LogP) is 3.21. The molecule has 0 bridgehead atoms. The van der Waals surface area contributed by atoms with Gasteiger partial charge in [0, 0.05) is 0 Å². The van der Waals surface area contributed by atoms with Crippen LogP contribution in [0.5, 0.6) is 5.75 Å². The van der Waals surface area contributed by atoms with Gasteiger partial charge < -0.3 is 15.4 Å². The van der Waals surface area contributed by atoms with E-state index in [1.807, 2.05) is 13.0 Å². The van der Waals surface area contributed by atoms with Crippen molar-refractivity contribution in [2.45, 2.75) is 38.6 Å². The van der Waals surface area contributed by atoms with Gasteiger partial charge in [-0.15, -0.1) is 12.4 Å². The minimum atomic E-state index is -0.365. The fourth-order valence-electron chi connectivity index (χ4n) is 2.48. The lowest BCUT2D eigenvalue weighted by Gasteiger charge is -2.16. The molecule has 24 heavy (non-hydrogen) atoms. The van der Waals surface area contributed by atoms with Gasteiger partial charge in [-0.2, -0.15) is 0 Å². The summed E-state index contributed by atoms with van der Waals surface area (Å²) in [4.78, 5) is 11.9. The van der Waals surface area contributed by atoms with E-state index in [4.69, 9.17) is 4.74 Å². The van der Waals surface area contributed by atoms with E-state index in [1.54, 1.807) is 6.07 Å². The zero-order valence-corrected chi connectivity index (χ0v) is 14.8. The van der Waals surface area contributed by atoms with Crippen molar-refractivity contribution in [1.29, 1.82) is 0 Å². The normalized spacial score (nSPS) is 17.8. The lowest BCUT2D eigenvalue weighted by Crippen LogP contribution is -2.36. The van der Waals surface area contributed by atoms with Crippen LogP contribution in [0.15, 0.2) is 18.2 Å². The van der Waals surface area contributed by atoms with Crippen LogP contribution in [0.1, 0.15) is 44.2 Å². The first kappa shape index (κ1) is 19.0. The highest BCUT2D eigenvalue weighted by Crippen LogP contribution is 2.30. The predicted molar refractivity (Wildman–Crippen MR) is 94.0 cm³/mol. The minimum absolute atomic E-state index is 0. The standard InChI is InChI=1S/C18H25FN2O2.ClH/c1-12(21-18(22)10-20-9-13-2-3-13)15-6-7-17(16(19)8-15)23-11-14-4-5-14;/h6-8,12-14,20H,2-5,9-11H2,1H3,(H,21,22);1H. The molecular weight excluding hydrogens is 331 g/mol. The van der Waals surface area contributed by atoms with Crippen LogP contribution in [0.2, 0.25) is 0 Å². The smallest absolute Gasteiger partial charge is 0.234 e. The number of carbonyl (C=O) groups excluding carboxylic acids is 1. The molecule has 0 aromatic heterocycles. The molecule has 1 aromatic rings. The first-order chi connectivity index (χ1) is 11.1. The topological polar surface area (TPSA) is 50.4 Å². The van der Waals surface area contributed by atoms with E-state index in [2.05, 4.69) is 10.6 Å². The van der Waals surface area contributed by atoms with Gasteiger partial charge in [-0.1, -0.05) is 6.07 Å². The van der Waals surface area contributed by atoms with E-state index in [9.17, 15) is 9.18 Å². The molecule has 0 radical (unpaired) electrons. The summed E-state index contributed by atoms with van der Waals surface area (Å²) in [6.45, 7) is 3.67. The Morgan fingerprint density at radius 3 is 2.62 bits per heavy atom. The number of nitrogens with one attached hydrogen (secondary N) is 2. The number of hydrogen-bond donors (Lipinski definition) is 2. The summed E-state index contributed by atoms with van der Waals surface area (Å²) in [5, 5.41) is 6.04. The molecule has 4 nitrogen and oxygen atoms in total. The van der Waals surface area contributed by atoms with Crippen LogP contribution < -0.4 is 15.4 Å². The van der Waals surface area contributed by atoms with Gasteiger partial charge in [-0.05, 0) is 68.7 Å². The molecule has 1 atom stereocenters. The number of ether oxygens (including phenoxy) is 1. The molecule has 1 amide bonds. The summed E-state index contributed by atoms with van der Waals surface area (Å²) >= 11 is 0. The van der Waals surface area contributed by atoms with E-state index >= 15 is 0 Å². The number of benzene rings is 1. The van der Waals surface area contributed by atoms with Gasteiger partial charge in [0.1, 0.15) is 0 Å². The van der Waals surface area contributed by atoms with Crippen LogP contribution in [-0.2, 0) is 4.79 Å². The van der Waals surface area contributed by atoms with Gasteiger partial charge in [0.15, 0.2) is 11.6 Å². The van der Waals surface area contributed by atoms with Crippen molar-refractivity contribution < 1.29 is 13.9 Å². The number of rotatable bonds is 9. The Balaban J connectivity index is 0.00000208. The SMILES string of the molecule is CC(NC(=O)CNCC1CC1)c1ccc(OCC2CC2)c(F)c1.Cl. The van der Waals surface area contributed by atoms with Crippen molar-refractivity contribution in [2.24, 2.45) is 11.8 Å². The van der Waals surface area contributed by atoms with Gasteiger partial charge >= 0.3 is 0 Å². The maximum atomic E-state index is 14.1. The van der Waals surface area contributed by atoms with Gasteiger partial charge in [-0.3, -0.25) is 4.79 Å². The lowest BCUT2D eigenvalue weighted by atomic mass is 10.1. The Labute approximate surface area is 148 Å². The summed E-state index contributed by atoms with van der Waals surface area (Å²) in [5.41, 5.74) is 0.747. The van der Waals surface area contributed by atoms with Gasteiger partial charge in [0.25, 0.3) is 0 Å². The molecule has 3 rings (SSSR count). The van der Waals surface area contributed by atoms with Crippen molar-refractivity contribution in [1.82, 2.24) is 10.6 Å². The minimum Gasteiger partial charge on any atom is -0.490 e. The highest BCUT2D eigenvalue weighted by Gasteiger charge is 2.23. The molecule has 134 valence electrons. The first-order valence-electron chi connectivity index (χ1n) is 8.54. The van der Waals surface area contributed by atoms with Crippen LogP contribution in [0, 0.1) is 17.7 Å². The number of carbonyl (C=O) groups is 1. The van der Waals surface area contributed by atoms with Gasteiger partial charge in [0.2, 0.25) is 5.91 Å². The summed E-state index contributed by atoms with van der Waals surface area (Å²) in [7, 11) is 0. The number of hydrogen-bond acceptors (Lipinski definition) is 3. The van der Waals surface area contributed by atoms with Crippen LogP contribution >= 0.6 is 12.4 Å². The molecule has 1 unspecified atom stereocenters. The molecule has 1 aromatic carbocycles. The quantitative estimate of drug-likeness (QED) is 0.714. The summed E-state index contributed by atoms with van der Waals surface area (Å²) < 4.78 is 19.6. The average molecular weight is 357 g/mol. The fraction of sp³-hybridized carbons (Fsp3) is 0.611. The monoisotopic (exact) mass is 356 g/mol. The van der Waals surface area contributed by atoms with E-state index in [-0.39, 0.29) is 30.2 Å². The summed E-state index contributed by atoms with van der Waals surface area (Å²) in [6, 6.07) is 4.69. The lowest BCUT2D eigenvalue weighted by molar-refractivity contribution is -0.120. The number of amides is 1. The maximum absolute atomic E-state index is 14.1. The van der Waals surface area contributed by atoms with Gasteiger partial charge in [-0.25, -0.2) is 4.39 Å². The van der Waals surface area contributed by atoms with Crippen molar-refractivity contribution in [2.75, 3.05) is 19.7 Å². The van der Waals surface area contributed by atoms with Crippen molar-refractivity contribution in [3.63, 3.8) is 0 Å². The fourth-order valence-corrected chi connectivity index (χ4v) is 2.48. The molecule has 6 heteroatoms. The van der Waals surface area contributed by atoms with Crippen LogP contribution in [0.4, 0.5) is 4.39 Å². The molecule has 2 fully saturated rings. The molecule has 2 N–H and O–H groups in total. The van der Waals surface area contributed by atoms with E-state index < -0.39 is 0 Å². The molecule has 2 saturated carbocycles. The molecule has 0 aliphatic heterocycles. The Kier molecular flexibility index (Phi) is 6.87. The molecule has 2 aliphatic rings. The zero-order chi connectivity index (χ0) is 16.2. The average Bonchev–Trinajstić information content (AvgIpc) is 3.40. The molecule has 0 spiro atoms. The Morgan fingerprint density at radius 2 is 2.00 bits per heavy atom. The molecule has 0 saturated heterocycles. The van der Waals surface area contributed by atoms with Gasteiger partial charge in [0.05, 0.1) is 19.2 Å². The van der Waals surface area contributed by atoms with Crippen molar-refractivity contribution in [3.8, 4) is 5.75 Å². The highest BCUT2D eigenvalue weighted by atomic mass is 35.5. The van der Waals surface area contributed by atoms with E-state index in [0.29, 0.717) is 24.8 Å². The Morgan fingerprint density at radius 1 is 1.29 bits per heavy atom. The van der Waals surface area contributed by atoms with Crippen molar-refractivity contribution >= 4 is 18.3 Å². The third-order valence-electron chi connectivity index (χ3n) is 4.42. The largest absolute Gasteiger partial charge is 0.490 e. The second kappa shape index (κ2) is 8.67. The van der Waals surface area contributed by atoms with E-state index in [0.717, 1.165) is 18.0 Å². The highest BCUT2D eigenvalue weighted by molar-refractivity contribution is 5.85. The second-order valence-corrected chi connectivity index (χ2v) is 6.81. The zero-order valence-electron chi connectivity index (χ0n) is 14.0. The Hall–Kier alpha value is -1.33. The van der Waals surface area contributed by atoms with Crippen LogP contribution in [0.25, 0.3) is 0 Å². The molecular formula is C18H26ClFN2O2. The van der Waals surface area contributed by atoms with E-state index in [1.165, 1.54) is 31.7 Å². The maximum Gasteiger partial charge on any atom is 0.234 e. The second-order valence-electron chi connectivity index (χ2n) is 6.81. The first-order valence-corrected chi connectivity index (χ1v) is 8.54. The number of halogens is 2. The van der Waals surface area contributed by atoms with Crippen LogP contribution in [-0.4, -0.2) is 25.6 Å². The summed E-state index contributed by atoms with van der Waals surface area (Å²) in [5.74, 6) is 1.21. The molecule has 2 aliphatic carbocycles.